The van der Waals surface area contributed by atoms with E-state index in [4.69, 9.17) is 5.11 Å². The Morgan fingerprint density at radius 1 is 1.48 bits per heavy atom. The molecule has 0 saturated heterocycles. The van der Waals surface area contributed by atoms with Gasteiger partial charge in [-0.25, -0.2) is 4.98 Å². The summed E-state index contributed by atoms with van der Waals surface area (Å²) in [6.07, 6.45) is 1.77. The summed E-state index contributed by atoms with van der Waals surface area (Å²) in [5, 5.41) is 13.2. The zero-order valence-electron chi connectivity index (χ0n) is 12.3. The van der Waals surface area contributed by atoms with Gasteiger partial charge in [0.25, 0.3) is 11.5 Å². The summed E-state index contributed by atoms with van der Waals surface area (Å²) in [6, 6.07) is 0. The summed E-state index contributed by atoms with van der Waals surface area (Å²) < 4.78 is 1.51. The van der Waals surface area contributed by atoms with Gasteiger partial charge in [0.15, 0.2) is 4.96 Å². The van der Waals surface area contributed by atoms with Gasteiger partial charge in [-0.2, -0.15) is 0 Å². The highest BCUT2D eigenvalue weighted by Crippen LogP contribution is 2.25. The fourth-order valence-corrected chi connectivity index (χ4v) is 3.02. The van der Waals surface area contributed by atoms with Crippen LogP contribution in [0.3, 0.4) is 0 Å². The van der Waals surface area contributed by atoms with Gasteiger partial charge in [-0.15, -0.1) is 11.3 Å². The number of carbonyl (C=O) groups is 1. The number of hydrogen-bond acceptors (Lipinski definition) is 5. The van der Waals surface area contributed by atoms with E-state index in [0.29, 0.717) is 17.9 Å². The lowest BCUT2D eigenvalue weighted by atomic mass is 9.93. The first-order valence-corrected chi connectivity index (χ1v) is 7.63. The van der Waals surface area contributed by atoms with E-state index in [1.54, 1.807) is 0 Å². The second-order valence-electron chi connectivity index (χ2n) is 5.80. The second kappa shape index (κ2) is 5.95. The van der Waals surface area contributed by atoms with Crippen LogP contribution >= 0.6 is 11.3 Å². The number of aliphatic hydroxyl groups is 1. The zero-order valence-corrected chi connectivity index (χ0v) is 13.2. The van der Waals surface area contributed by atoms with Gasteiger partial charge < -0.3 is 10.4 Å². The average molecular weight is 309 g/mol. The molecule has 0 fully saturated rings. The van der Waals surface area contributed by atoms with E-state index in [-0.39, 0.29) is 23.1 Å². The lowest BCUT2D eigenvalue weighted by molar-refractivity contribution is 0.0949. The summed E-state index contributed by atoms with van der Waals surface area (Å²) in [5.41, 5.74) is 0.294. The minimum Gasteiger partial charge on any atom is -0.396 e. The molecule has 2 aromatic rings. The number of thiazole rings is 1. The number of nitrogens with one attached hydrogen (secondary N) is 1. The maximum absolute atomic E-state index is 12.6. The number of carbonyl (C=O) groups excluding carboxylic acids is 1. The van der Waals surface area contributed by atoms with Crippen LogP contribution in [0.5, 0.6) is 0 Å². The Bertz CT molecular complexity index is 712. The van der Waals surface area contributed by atoms with E-state index >= 15 is 0 Å². The summed E-state index contributed by atoms with van der Waals surface area (Å²) in [5.74, 6) is -0.457. The van der Waals surface area contributed by atoms with Crippen molar-refractivity contribution in [1.29, 1.82) is 0 Å². The predicted octanol–water partition coefficient (Wildman–Crippen LogP) is 1.17. The molecule has 0 saturated carbocycles. The van der Waals surface area contributed by atoms with Crippen molar-refractivity contribution < 1.29 is 9.90 Å². The van der Waals surface area contributed by atoms with E-state index in [2.05, 4.69) is 10.3 Å². The van der Waals surface area contributed by atoms with Gasteiger partial charge in [0.05, 0.1) is 0 Å². The largest absolute Gasteiger partial charge is 0.396 e. The molecule has 114 valence electrons. The first kappa shape index (κ1) is 15.7. The van der Waals surface area contributed by atoms with E-state index in [1.807, 2.05) is 26.2 Å². The van der Waals surface area contributed by atoms with Crippen LogP contribution < -0.4 is 10.9 Å². The molecule has 0 aromatic carbocycles. The van der Waals surface area contributed by atoms with Crippen LogP contribution in [0.25, 0.3) is 4.96 Å². The van der Waals surface area contributed by atoms with Crippen molar-refractivity contribution in [2.75, 3.05) is 13.2 Å². The molecule has 0 radical (unpaired) electrons. The number of fused-ring (bicyclic) bond motifs is 1. The molecule has 0 unspecified atom stereocenters. The van der Waals surface area contributed by atoms with Crippen molar-refractivity contribution in [3.8, 4) is 0 Å². The molecular formula is C14H19N3O3S. The second-order valence-corrected chi connectivity index (χ2v) is 6.64. The smallest absolute Gasteiger partial charge is 0.271 e. The summed E-state index contributed by atoms with van der Waals surface area (Å²) >= 11 is 1.38. The normalized spacial score (nSPS) is 11.8. The standard InChI is InChI=1S/C14H19N3O3S/c1-14(2,3)10-8-21-13-16-7-9(12(20)17(10)13)11(19)15-5-4-6-18/h7-8,18H,4-6H2,1-3H3,(H,15,19). The molecule has 7 heteroatoms. The third-order valence-corrected chi connectivity index (χ3v) is 3.92. The topological polar surface area (TPSA) is 83.7 Å². The fourth-order valence-electron chi connectivity index (χ4n) is 1.94. The Labute approximate surface area is 126 Å². The van der Waals surface area contributed by atoms with Crippen molar-refractivity contribution >= 4 is 22.2 Å². The molecular weight excluding hydrogens is 290 g/mol. The Balaban J connectivity index is 2.46. The first-order chi connectivity index (χ1) is 9.86. The van der Waals surface area contributed by atoms with Crippen LogP contribution in [0.15, 0.2) is 16.4 Å². The van der Waals surface area contributed by atoms with Crippen molar-refractivity contribution in [1.82, 2.24) is 14.7 Å². The molecule has 2 N–H and O–H groups in total. The van der Waals surface area contributed by atoms with E-state index in [1.165, 1.54) is 21.9 Å². The maximum Gasteiger partial charge on any atom is 0.271 e. The highest BCUT2D eigenvalue weighted by atomic mass is 32.1. The molecule has 0 aliphatic rings. The van der Waals surface area contributed by atoms with Crippen LogP contribution in [0.4, 0.5) is 0 Å². The molecule has 2 aromatic heterocycles. The van der Waals surface area contributed by atoms with Gasteiger partial charge in [0.1, 0.15) is 5.56 Å². The van der Waals surface area contributed by atoms with E-state index in [0.717, 1.165) is 5.69 Å². The van der Waals surface area contributed by atoms with Gasteiger partial charge in [-0.3, -0.25) is 14.0 Å². The van der Waals surface area contributed by atoms with E-state index in [9.17, 15) is 9.59 Å². The predicted molar refractivity (Wildman–Crippen MR) is 82.1 cm³/mol. The fraction of sp³-hybridized carbons (Fsp3) is 0.500. The van der Waals surface area contributed by atoms with Crippen LogP contribution in [0.1, 0.15) is 43.2 Å². The molecule has 1 amide bonds. The first-order valence-electron chi connectivity index (χ1n) is 6.75. The van der Waals surface area contributed by atoms with Gasteiger partial charge in [-0.05, 0) is 6.42 Å². The van der Waals surface area contributed by atoms with Crippen LogP contribution in [-0.4, -0.2) is 33.6 Å². The van der Waals surface area contributed by atoms with Gasteiger partial charge in [-0.1, -0.05) is 20.8 Å². The minimum atomic E-state index is -0.457. The number of nitrogens with zero attached hydrogens (tertiary/aromatic N) is 2. The van der Waals surface area contributed by atoms with Gasteiger partial charge >= 0.3 is 0 Å². The summed E-state index contributed by atoms with van der Waals surface area (Å²) in [7, 11) is 0. The van der Waals surface area contributed by atoms with Crippen molar-refractivity contribution in [3.05, 3.63) is 33.2 Å². The number of aliphatic hydroxyl groups excluding tert-OH is 1. The Kier molecular flexibility index (Phi) is 4.43. The Morgan fingerprint density at radius 3 is 2.81 bits per heavy atom. The Morgan fingerprint density at radius 2 is 2.19 bits per heavy atom. The summed E-state index contributed by atoms with van der Waals surface area (Å²) in [6.45, 7) is 6.35. The quantitative estimate of drug-likeness (QED) is 0.830. The SMILES string of the molecule is CC(C)(C)c1csc2ncc(C(=O)NCCCO)c(=O)n12. The average Bonchev–Trinajstić information content (AvgIpc) is 2.84. The van der Waals surface area contributed by atoms with Gasteiger partial charge in [0.2, 0.25) is 0 Å². The maximum atomic E-state index is 12.6. The number of rotatable bonds is 4. The molecule has 0 spiro atoms. The van der Waals surface area contributed by atoms with Crippen molar-refractivity contribution in [2.45, 2.75) is 32.6 Å². The number of aromatic nitrogens is 2. The third kappa shape index (κ3) is 3.14. The van der Waals surface area contributed by atoms with Crippen LogP contribution in [0.2, 0.25) is 0 Å². The van der Waals surface area contributed by atoms with E-state index < -0.39 is 5.91 Å². The molecule has 0 bridgehead atoms. The third-order valence-electron chi connectivity index (χ3n) is 3.08. The molecule has 0 atom stereocenters. The molecule has 6 nitrogen and oxygen atoms in total. The minimum absolute atomic E-state index is 0.00471. The van der Waals surface area contributed by atoms with Gasteiger partial charge in [0, 0.05) is 35.8 Å². The lowest BCUT2D eigenvalue weighted by Crippen LogP contribution is -2.33. The number of hydrogen-bond donors (Lipinski definition) is 2. The zero-order chi connectivity index (χ0) is 15.6. The number of amides is 1. The van der Waals surface area contributed by atoms with Crippen LogP contribution in [0, 0.1) is 0 Å². The highest BCUT2D eigenvalue weighted by Gasteiger charge is 2.22. The molecule has 2 heterocycles. The molecule has 2 rings (SSSR count). The molecule has 21 heavy (non-hydrogen) atoms. The van der Waals surface area contributed by atoms with Crippen molar-refractivity contribution in [2.24, 2.45) is 0 Å². The Hall–Kier alpha value is -1.73. The highest BCUT2D eigenvalue weighted by molar-refractivity contribution is 7.15. The molecule has 0 aliphatic heterocycles. The lowest BCUT2D eigenvalue weighted by Gasteiger charge is -2.17. The van der Waals surface area contributed by atoms with Crippen LogP contribution in [-0.2, 0) is 5.41 Å². The summed E-state index contributed by atoms with van der Waals surface area (Å²) in [4.78, 5) is 29.4. The molecule has 0 aliphatic carbocycles. The van der Waals surface area contributed by atoms with Crippen molar-refractivity contribution in [3.63, 3.8) is 0 Å². The monoisotopic (exact) mass is 309 g/mol.